The second kappa shape index (κ2) is 10.5. The predicted octanol–water partition coefficient (Wildman–Crippen LogP) is 6.42. The number of carbonyl (C=O) groups excluding carboxylic acids is 1. The summed E-state index contributed by atoms with van der Waals surface area (Å²) < 4.78 is 18.0. The van der Waals surface area contributed by atoms with Crippen LogP contribution in [0.25, 0.3) is 11.0 Å². The maximum atomic E-state index is 13.9. The van der Waals surface area contributed by atoms with Crippen LogP contribution >= 0.6 is 0 Å². The fourth-order valence-corrected chi connectivity index (χ4v) is 4.83. The summed E-state index contributed by atoms with van der Waals surface area (Å²) in [5, 5.41) is 0.475. The molecule has 2 heterocycles. The van der Waals surface area contributed by atoms with Crippen molar-refractivity contribution >= 4 is 16.9 Å². The molecular weight excluding hydrogens is 466 g/mol. The Morgan fingerprint density at radius 2 is 1.73 bits per heavy atom. The van der Waals surface area contributed by atoms with Gasteiger partial charge in [-0.2, -0.15) is 0 Å². The van der Waals surface area contributed by atoms with Crippen molar-refractivity contribution in [1.82, 2.24) is 4.90 Å². The molecule has 1 aromatic heterocycles. The lowest BCUT2D eigenvalue weighted by Gasteiger charge is -2.26. The Hall–Kier alpha value is -4.06. The number of hydrogen-bond acceptors (Lipinski definition) is 5. The van der Waals surface area contributed by atoms with Crippen LogP contribution in [0.5, 0.6) is 11.5 Å². The van der Waals surface area contributed by atoms with Gasteiger partial charge in [-0.1, -0.05) is 61.4 Å². The van der Waals surface area contributed by atoms with Crippen LogP contribution in [0, 0.1) is 6.92 Å². The molecule has 0 saturated carbocycles. The van der Waals surface area contributed by atoms with Gasteiger partial charge in [0, 0.05) is 6.54 Å². The topological polar surface area (TPSA) is 69.0 Å². The first-order valence-electron chi connectivity index (χ1n) is 12.8. The largest absolute Gasteiger partial charge is 0.490 e. The van der Waals surface area contributed by atoms with Crippen molar-refractivity contribution in [2.75, 3.05) is 13.2 Å². The number of fused-ring (bicyclic) bond motifs is 2. The summed E-state index contributed by atoms with van der Waals surface area (Å²) >= 11 is 0. The Labute approximate surface area is 216 Å². The number of benzene rings is 3. The van der Waals surface area contributed by atoms with Gasteiger partial charge in [0.15, 0.2) is 16.9 Å². The highest BCUT2D eigenvalue weighted by molar-refractivity contribution is 5.99. The first-order chi connectivity index (χ1) is 18.0. The molecule has 190 valence electrons. The van der Waals surface area contributed by atoms with E-state index in [2.05, 4.69) is 6.92 Å². The minimum Gasteiger partial charge on any atom is -0.490 e. The third kappa shape index (κ3) is 4.71. The minimum atomic E-state index is -0.618. The van der Waals surface area contributed by atoms with Crippen molar-refractivity contribution < 1.29 is 18.7 Å². The Morgan fingerprint density at radius 3 is 2.49 bits per heavy atom. The number of ether oxygens (including phenoxy) is 2. The number of carbonyl (C=O) groups is 1. The smallest absolute Gasteiger partial charge is 0.291 e. The molecular formula is C31H31NO5. The van der Waals surface area contributed by atoms with Gasteiger partial charge in [0.1, 0.15) is 5.58 Å². The Kier molecular flexibility index (Phi) is 6.99. The zero-order valence-corrected chi connectivity index (χ0v) is 21.5. The summed E-state index contributed by atoms with van der Waals surface area (Å²) in [4.78, 5) is 29.3. The lowest BCUT2D eigenvalue weighted by Crippen LogP contribution is -2.29. The molecule has 5 rings (SSSR count). The van der Waals surface area contributed by atoms with Crippen molar-refractivity contribution in [2.24, 2.45) is 0 Å². The fourth-order valence-electron chi connectivity index (χ4n) is 4.83. The lowest BCUT2D eigenvalue weighted by atomic mass is 9.97. The maximum absolute atomic E-state index is 13.9. The molecule has 3 aromatic carbocycles. The van der Waals surface area contributed by atoms with Crippen molar-refractivity contribution in [1.29, 1.82) is 0 Å². The van der Waals surface area contributed by atoms with Gasteiger partial charge in [0.25, 0.3) is 5.91 Å². The minimum absolute atomic E-state index is 0.100. The van der Waals surface area contributed by atoms with Gasteiger partial charge in [-0.3, -0.25) is 9.59 Å². The number of amides is 1. The van der Waals surface area contributed by atoms with E-state index in [4.69, 9.17) is 13.9 Å². The third-order valence-corrected chi connectivity index (χ3v) is 6.66. The van der Waals surface area contributed by atoms with Crippen LogP contribution in [0.1, 0.15) is 65.5 Å². The summed E-state index contributed by atoms with van der Waals surface area (Å²) in [6, 6.07) is 20.3. The highest BCUT2D eigenvalue weighted by Crippen LogP contribution is 2.42. The van der Waals surface area contributed by atoms with Gasteiger partial charge < -0.3 is 18.8 Å². The molecule has 37 heavy (non-hydrogen) atoms. The fraction of sp³-hybridized carbons (Fsp3) is 0.290. The molecule has 1 aliphatic rings. The predicted molar refractivity (Wildman–Crippen MR) is 143 cm³/mol. The van der Waals surface area contributed by atoms with E-state index in [1.807, 2.05) is 74.5 Å². The van der Waals surface area contributed by atoms with Crippen LogP contribution in [0.15, 0.2) is 75.9 Å². The molecule has 0 aliphatic carbocycles. The van der Waals surface area contributed by atoms with Crippen molar-refractivity contribution in [3.05, 3.63) is 105 Å². The van der Waals surface area contributed by atoms with E-state index in [0.717, 1.165) is 29.5 Å². The first-order valence-corrected chi connectivity index (χ1v) is 12.8. The van der Waals surface area contributed by atoms with E-state index < -0.39 is 6.04 Å². The second-order valence-electron chi connectivity index (χ2n) is 9.34. The number of aryl methyl sites for hydroxylation is 1. The number of nitrogens with zero attached hydrogens (tertiary/aromatic N) is 1. The summed E-state index contributed by atoms with van der Waals surface area (Å²) in [6.07, 6.45) is 1.97. The molecule has 0 N–H and O–H groups in total. The highest BCUT2D eigenvalue weighted by Gasteiger charge is 2.43. The molecule has 1 amide bonds. The van der Waals surface area contributed by atoms with Gasteiger partial charge >= 0.3 is 0 Å². The second-order valence-corrected chi connectivity index (χ2v) is 9.34. The van der Waals surface area contributed by atoms with E-state index in [1.54, 1.807) is 11.0 Å². The molecule has 0 radical (unpaired) electrons. The van der Waals surface area contributed by atoms with Gasteiger partial charge in [-0.25, -0.2) is 0 Å². The van der Waals surface area contributed by atoms with E-state index >= 15 is 0 Å². The Bertz CT molecular complexity index is 1490. The van der Waals surface area contributed by atoms with Crippen molar-refractivity contribution in [3.8, 4) is 11.5 Å². The quantitative estimate of drug-likeness (QED) is 0.250. The first kappa shape index (κ1) is 24.6. The van der Waals surface area contributed by atoms with Crippen molar-refractivity contribution in [3.63, 3.8) is 0 Å². The molecule has 6 heteroatoms. The molecule has 0 fully saturated rings. The monoisotopic (exact) mass is 497 g/mol. The lowest BCUT2D eigenvalue weighted by molar-refractivity contribution is 0.0714. The average molecular weight is 498 g/mol. The summed E-state index contributed by atoms with van der Waals surface area (Å²) in [5.41, 5.74) is 3.28. The van der Waals surface area contributed by atoms with Gasteiger partial charge in [-0.15, -0.1) is 0 Å². The maximum Gasteiger partial charge on any atom is 0.291 e. The Morgan fingerprint density at radius 1 is 0.919 bits per heavy atom. The number of hydrogen-bond donors (Lipinski definition) is 0. The molecule has 0 bridgehead atoms. The highest BCUT2D eigenvalue weighted by atomic mass is 16.5. The Balaban J connectivity index is 1.66. The third-order valence-electron chi connectivity index (χ3n) is 6.66. The van der Waals surface area contributed by atoms with E-state index in [1.165, 1.54) is 0 Å². The molecule has 0 saturated heterocycles. The van der Waals surface area contributed by atoms with Gasteiger partial charge in [-0.05, 0) is 55.7 Å². The number of rotatable bonds is 9. The normalized spacial score (nSPS) is 14.7. The summed E-state index contributed by atoms with van der Waals surface area (Å²) in [7, 11) is 0. The van der Waals surface area contributed by atoms with E-state index in [0.29, 0.717) is 47.8 Å². The number of unbranched alkanes of at least 4 members (excludes halogenated alkanes) is 1. The van der Waals surface area contributed by atoms with Crippen LogP contribution in [0.4, 0.5) is 0 Å². The molecule has 1 atom stereocenters. The van der Waals surface area contributed by atoms with Crippen molar-refractivity contribution in [2.45, 2.75) is 46.2 Å². The molecule has 0 spiro atoms. The standard InChI is InChI=1S/C31H31NO5/c1-4-6-16-36-25-15-13-22(18-26(25)35-5-2)28-27-29(33)23-17-20(3)12-14-24(23)37-30(27)31(34)32(28)19-21-10-8-7-9-11-21/h7-15,17-18,28H,4-6,16,19H2,1-3H3. The zero-order chi connectivity index (χ0) is 25.9. The summed E-state index contributed by atoms with van der Waals surface area (Å²) in [5.74, 6) is 1.05. The molecule has 1 unspecified atom stereocenters. The molecule has 1 aliphatic heterocycles. The van der Waals surface area contributed by atoms with Crippen LogP contribution in [0.2, 0.25) is 0 Å². The average Bonchev–Trinajstić information content (AvgIpc) is 3.17. The summed E-state index contributed by atoms with van der Waals surface area (Å²) in [6.45, 7) is 7.36. The van der Waals surface area contributed by atoms with Crippen LogP contribution in [-0.2, 0) is 6.54 Å². The molecule has 4 aromatic rings. The van der Waals surface area contributed by atoms with E-state index in [9.17, 15) is 9.59 Å². The van der Waals surface area contributed by atoms with Gasteiger partial charge in [0.05, 0.1) is 30.2 Å². The van der Waals surface area contributed by atoms with Crippen LogP contribution in [0.3, 0.4) is 0 Å². The molecule has 6 nitrogen and oxygen atoms in total. The van der Waals surface area contributed by atoms with E-state index in [-0.39, 0.29) is 17.1 Å². The van der Waals surface area contributed by atoms with Crippen LogP contribution in [-0.4, -0.2) is 24.0 Å². The SMILES string of the molecule is CCCCOc1ccc(C2c3c(oc4ccc(C)cc4c3=O)C(=O)N2Cc2ccccc2)cc1OCC. The zero-order valence-electron chi connectivity index (χ0n) is 21.5. The van der Waals surface area contributed by atoms with Crippen LogP contribution < -0.4 is 14.9 Å². The van der Waals surface area contributed by atoms with Gasteiger partial charge in [0.2, 0.25) is 5.76 Å².